The molecule has 0 aliphatic carbocycles. The second-order valence-corrected chi connectivity index (χ2v) is 8.96. The molecular weight excluding hydrogens is 468 g/mol. The zero-order valence-electron chi connectivity index (χ0n) is 21.8. The first-order valence-electron chi connectivity index (χ1n) is 12.1. The van der Waals surface area contributed by atoms with Gasteiger partial charge in [-0.05, 0) is 62.7 Å². The molecule has 8 heteroatoms. The van der Waals surface area contributed by atoms with Crippen LogP contribution in [-0.4, -0.2) is 47.9 Å². The highest BCUT2D eigenvalue weighted by Gasteiger charge is 2.28. The van der Waals surface area contributed by atoms with Crippen LogP contribution >= 0.6 is 0 Å². The second-order valence-electron chi connectivity index (χ2n) is 8.96. The summed E-state index contributed by atoms with van der Waals surface area (Å²) in [6, 6.07) is 19.5. The number of ether oxygens (including phenoxy) is 2. The molecule has 1 unspecified atom stereocenters. The smallest absolute Gasteiger partial charge is 0.322 e. The largest absolute Gasteiger partial charge is 0.495 e. The summed E-state index contributed by atoms with van der Waals surface area (Å²) in [7, 11) is 3.15. The molecule has 0 radical (unpaired) electrons. The average molecular weight is 501 g/mol. The fourth-order valence-electron chi connectivity index (χ4n) is 4.27. The average Bonchev–Trinajstić information content (AvgIpc) is 2.90. The Morgan fingerprint density at radius 3 is 2.43 bits per heavy atom. The first-order chi connectivity index (χ1) is 17.8. The Morgan fingerprint density at radius 2 is 1.73 bits per heavy atom. The lowest BCUT2D eigenvalue weighted by molar-refractivity contribution is 0.137. The van der Waals surface area contributed by atoms with Crippen molar-refractivity contribution in [2.24, 2.45) is 0 Å². The van der Waals surface area contributed by atoms with E-state index in [2.05, 4.69) is 5.32 Å². The summed E-state index contributed by atoms with van der Waals surface area (Å²) in [6.07, 6.45) is 0. The third-order valence-electron chi connectivity index (χ3n) is 6.32. The maximum Gasteiger partial charge on any atom is 0.322 e. The number of rotatable bonds is 8. The number of aromatic nitrogens is 2. The number of hydrogen-bond acceptors (Lipinski definition) is 5. The molecule has 4 aromatic rings. The normalized spacial score (nSPS) is 11.8. The van der Waals surface area contributed by atoms with Crippen molar-refractivity contribution >= 4 is 22.6 Å². The molecule has 0 aliphatic heterocycles. The van der Waals surface area contributed by atoms with Crippen molar-refractivity contribution in [1.29, 1.82) is 0 Å². The number of aryl methyl sites for hydroxylation is 2. The highest BCUT2D eigenvalue weighted by Crippen LogP contribution is 2.29. The molecule has 4 rings (SSSR count). The minimum Gasteiger partial charge on any atom is -0.495 e. The van der Waals surface area contributed by atoms with Gasteiger partial charge in [-0.25, -0.2) is 9.78 Å². The standard InChI is InChI=1S/C29H32N4O4/c1-19-10-13-22(14-11-19)30-29(35)32(16-17-36-4)21(3)27-31-24-9-7-6-8-23(24)28(34)33(27)25-18-20(2)12-15-26(25)37-5/h6-15,18,21H,16-17H2,1-5H3,(H,30,35). The lowest BCUT2D eigenvalue weighted by Gasteiger charge is -2.30. The van der Waals surface area contributed by atoms with Crippen molar-refractivity contribution in [3.8, 4) is 11.4 Å². The minimum absolute atomic E-state index is 0.234. The van der Waals surface area contributed by atoms with Crippen LogP contribution in [-0.2, 0) is 4.74 Å². The molecule has 0 saturated heterocycles. The topological polar surface area (TPSA) is 85.7 Å². The van der Waals surface area contributed by atoms with Gasteiger partial charge in [0.15, 0.2) is 0 Å². The number of benzene rings is 3. The van der Waals surface area contributed by atoms with Gasteiger partial charge in [-0.15, -0.1) is 0 Å². The molecule has 1 aromatic heterocycles. The Bertz CT molecular complexity index is 1460. The van der Waals surface area contributed by atoms with E-state index >= 15 is 0 Å². The van der Waals surface area contributed by atoms with E-state index in [4.69, 9.17) is 14.5 Å². The second kappa shape index (κ2) is 11.3. The molecule has 8 nitrogen and oxygen atoms in total. The van der Waals surface area contributed by atoms with E-state index in [9.17, 15) is 9.59 Å². The number of fused-ring (bicyclic) bond motifs is 1. The Kier molecular flexibility index (Phi) is 7.89. The van der Waals surface area contributed by atoms with Crippen LogP contribution in [0.3, 0.4) is 0 Å². The molecule has 1 atom stereocenters. The number of carbonyl (C=O) groups is 1. The summed E-state index contributed by atoms with van der Waals surface area (Å²) < 4.78 is 12.5. The summed E-state index contributed by atoms with van der Waals surface area (Å²) in [5, 5.41) is 3.44. The van der Waals surface area contributed by atoms with E-state index in [1.165, 1.54) is 0 Å². The molecular formula is C29H32N4O4. The van der Waals surface area contributed by atoms with Crippen LogP contribution in [0.1, 0.15) is 29.9 Å². The molecule has 0 bridgehead atoms. The zero-order chi connectivity index (χ0) is 26.5. The van der Waals surface area contributed by atoms with Crippen LogP contribution in [0.5, 0.6) is 5.75 Å². The van der Waals surface area contributed by atoms with Gasteiger partial charge >= 0.3 is 6.03 Å². The SMILES string of the molecule is COCCN(C(=O)Nc1ccc(C)cc1)C(C)c1nc2ccccc2c(=O)n1-c1cc(C)ccc1OC. The first kappa shape index (κ1) is 25.9. The Morgan fingerprint density at radius 1 is 1.03 bits per heavy atom. The van der Waals surface area contributed by atoms with Crippen LogP contribution in [0.25, 0.3) is 16.6 Å². The van der Waals surface area contributed by atoms with Crippen LogP contribution < -0.4 is 15.6 Å². The molecule has 0 saturated carbocycles. The minimum atomic E-state index is -0.580. The highest BCUT2D eigenvalue weighted by molar-refractivity contribution is 5.89. The Balaban J connectivity index is 1.87. The van der Waals surface area contributed by atoms with E-state index in [1.54, 1.807) is 35.8 Å². The fraction of sp³-hybridized carbons (Fsp3) is 0.276. The molecule has 0 fully saturated rings. The third kappa shape index (κ3) is 5.49. The number of amides is 2. The van der Waals surface area contributed by atoms with E-state index < -0.39 is 6.04 Å². The number of anilines is 1. The van der Waals surface area contributed by atoms with E-state index in [0.29, 0.717) is 47.0 Å². The predicted molar refractivity (Wildman–Crippen MR) is 146 cm³/mol. The monoisotopic (exact) mass is 500 g/mol. The predicted octanol–water partition coefficient (Wildman–Crippen LogP) is 5.25. The summed E-state index contributed by atoms with van der Waals surface area (Å²) in [5.74, 6) is 0.952. The van der Waals surface area contributed by atoms with Crippen LogP contribution in [0.4, 0.5) is 10.5 Å². The summed E-state index contributed by atoms with van der Waals surface area (Å²) in [5.41, 5.74) is 3.62. The molecule has 37 heavy (non-hydrogen) atoms. The summed E-state index contributed by atoms with van der Waals surface area (Å²) >= 11 is 0. The van der Waals surface area contributed by atoms with Crippen molar-refractivity contribution in [2.45, 2.75) is 26.8 Å². The van der Waals surface area contributed by atoms with Gasteiger partial charge in [-0.1, -0.05) is 35.9 Å². The van der Waals surface area contributed by atoms with Crippen molar-refractivity contribution in [1.82, 2.24) is 14.5 Å². The third-order valence-corrected chi connectivity index (χ3v) is 6.32. The van der Waals surface area contributed by atoms with Gasteiger partial charge in [0.1, 0.15) is 11.6 Å². The van der Waals surface area contributed by atoms with Gasteiger partial charge in [-0.3, -0.25) is 9.36 Å². The molecule has 3 aromatic carbocycles. The lowest BCUT2D eigenvalue weighted by Crippen LogP contribution is -2.41. The summed E-state index contributed by atoms with van der Waals surface area (Å²) in [6.45, 7) is 6.41. The number of nitrogens with zero attached hydrogens (tertiary/aromatic N) is 3. The van der Waals surface area contributed by atoms with Crippen LogP contribution in [0, 0.1) is 13.8 Å². The molecule has 2 amide bonds. The maximum absolute atomic E-state index is 13.9. The number of methoxy groups -OCH3 is 2. The summed E-state index contributed by atoms with van der Waals surface area (Å²) in [4.78, 5) is 33.9. The van der Waals surface area contributed by atoms with E-state index in [0.717, 1.165) is 11.1 Å². The van der Waals surface area contributed by atoms with Crippen molar-refractivity contribution < 1.29 is 14.3 Å². The highest BCUT2D eigenvalue weighted by atomic mass is 16.5. The Hall–Kier alpha value is -4.17. The van der Waals surface area contributed by atoms with Gasteiger partial charge in [0.2, 0.25) is 0 Å². The molecule has 1 N–H and O–H groups in total. The maximum atomic E-state index is 13.9. The van der Waals surface area contributed by atoms with E-state index in [1.807, 2.05) is 75.4 Å². The van der Waals surface area contributed by atoms with Crippen LogP contribution in [0.15, 0.2) is 71.5 Å². The number of carbonyl (C=O) groups excluding carboxylic acids is 1. The molecule has 0 spiro atoms. The Labute approximate surface area is 216 Å². The van der Waals surface area contributed by atoms with Crippen molar-refractivity contribution in [2.75, 3.05) is 32.7 Å². The fourth-order valence-corrected chi connectivity index (χ4v) is 4.27. The van der Waals surface area contributed by atoms with Crippen molar-refractivity contribution in [3.63, 3.8) is 0 Å². The quantitative estimate of drug-likeness (QED) is 0.357. The van der Waals surface area contributed by atoms with Gasteiger partial charge in [0.05, 0.1) is 36.3 Å². The van der Waals surface area contributed by atoms with Gasteiger partial charge in [-0.2, -0.15) is 0 Å². The number of hydrogen-bond donors (Lipinski definition) is 1. The molecule has 0 aliphatic rings. The van der Waals surface area contributed by atoms with Crippen LogP contribution in [0.2, 0.25) is 0 Å². The van der Waals surface area contributed by atoms with Crippen molar-refractivity contribution in [3.05, 3.63) is 94.0 Å². The number of para-hydroxylation sites is 1. The first-order valence-corrected chi connectivity index (χ1v) is 12.1. The van der Waals surface area contributed by atoms with E-state index in [-0.39, 0.29) is 11.6 Å². The van der Waals surface area contributed by atoms with Gasteiger partial charge in [0.25, 0.3) is 5.56 Å². The number of nitrogens with one attached hydrogen (secondary N) is 1. The van der Waals surface area contributed by atoms with Gasteiger partial charge < -0.3 is 19.7 Å². The zero-order valence-corrected chi connectivity index (χ0v) is 21.8. The molecule has 1 heterocycles. The number of urea groups is 1. The lowest BCUT2D eigenvalue weighted by atomic mass is 10.1. The molecule has 192 valence electrons. The van der Waals surface area contributed by atoms with Gasteiger partial charge in [0, 0.05) is 19.3 Å².